The molecule has 1 aromatic carbocycles. The molecule has 1 saturated carbocycles. The molecule has 0 amide bonds. The van der Waals surface area contributed by atoms with Crippen LogP contribution in [0.5, 0.6) is 5.75 Å². The van der Waals surface area contributed by atoms with Crippen molar-refractivity contribution in [3.63, 3.8) is 0 Å². The lowest BCUT2D eigenvalue weighted by molar-refractivity contribution is 0.0694. The van der Waals surface area contributed by atoms with Crippen molar-refractivity contribution in [2.45, 2.75) is 31.1 Å². The summed E-state index contributed by atoms with van der Waals surface area (Å²) >= 11 is 0. The molecule has 7 nitrogen and oxygen atoms in total. The number of piperazine rings is 1. The minimum absolute atomic E-state index is 0.104. The molecule has 154 valence electrons. The van der Waals surface area contributed by atoms with Gasteiger partial charge in [0.25, 0.3) is 0 Å². The number of anilines is 1. The van der Waals surface area contributed by atoms with Gasteiger partial charge < -0.3 is 19.3 Å². The van der Waals surface area contributed by atoms with Gasteiger partial charge >= 0.3 is 5.97 Å². The van der Waals surface area contributed by atoms with Gasteiger partial charge in [0.15, 0.2) is 11.6 Å². The van der Waals surface area contributed by atoms with Crippen LogP contribution in [0, 0.1) is 5.82 Å². The number of pyridine rings is 1. The van der Waals surface area contributed by atoms with Crippen molar-refractivity contribution in [2.75, 3.05) is 38.2 Å². The van der Waals surface area contributed by atoms with Gasteiger partial charge in [0, 0.05) is 44.8 Å². The monoisotopic (exact) mass is 405 g/mol. The summed E-state index contributed by atoms with van der Waals surface area (Å²) in [5, 5.41) is 9.29. The Morgan fingerprint density at radius 2 is 2.07 bits per heavy atom. The first-order valence-corrected chi connectivity index (χ1v) is 9.72. The summed E-state index contributed by atoms with van der Waals surface area (Å²) in [6, 6.07) is 0.625. The number of halogens is 2. The van der Waals surface area contributed by atoms with E-state index >= 15 is 4.39 Å². The number of carboxylic acids is 1. The fourth-order valence-electron chi connectivity index (χ4n) is 4.75. The van der Waals surface area contributed by atoms with E-state index in [9.17, 15) is 19.1 Å². The van der Waals surface area contributed by atoms with Crippen molar-refractivity contribution >= 4 is 22.6 Å². The summed E-state index contributed by atoms with van der Waals surface area (Å²) in [5.41, 5.74) is -0.784. The molecular weight excluding hydrogens is 384 g/mol. The number of fused-ring (bicyclic) bond motifs is 3. The number of hydrogen-bond acceptors (Lipinski definition) is 5. The van der Waals surface area contributed by atoms with E-state index in [1.54, 1.807) is 0 Å². The fraction of sp³-hybridized carbons (Fsp3) is 0.500. The molecule has 2 saturated heterocycles. The summed E-state index contributed by atoms with van der Waals surface area (Å²) in [4.78, 5) is 28.6. The van der Waals surface area contributed by atoms with Crippen LogP contribution in [0.3, 0.4) is 0 Å². The number of carbonyl (C=O) groups is 1. The van der Waals surface area contributed by atoms with Crippen molar-refractivity contribution < 1.29 is 23.4 Å². The van der Waals surface area contributed by atoms with Gasteiger partial charge in [-0.1, -0.05) is 0 Å². The molecule has 1 aliphatic carbocycles. The second-order valence-corrected chi connectivity index (χ2v) is 7.98. The lowest BCUT2D eigenvalue weighted by atomic mass is 10.1. The van der Waals surface area contributed by atoms with Crippen LogP contribution in [-0.4, -0.2) is 66.0 Å². The van der Waals surface area contributed by atoms with E-state index in [0.29, 0.717) is 6.54 Å². The minimum atomic E-state index is -1.42. The van der Waals surface area contributed by atoms with E-state index in [2.05, 4.69) is 4.90 Å². The molecule has 3 heterocycles. The molecule has 9 heteroatoms. The van der Waals surface area contributed by atoms with Crippen LogP contribution in [0.2, 0.25) is 0 Å². The van der Waals surface area contributed by atoms with Crippen molar-refractivity contribution in [1.82, 2.24) is 9.47 Å². The van der Waals surface area contributed by atoms with Crippen LogP contribution in [0.4, 0.5) is 14.5 Å². The number of nitrogens with zero attached hydrogens (tertiary/aromatic N) is 3. The lowest BCUT2D eigenvalue weighted by Crippen LogP contribution is -2.47. The Kier molecular flexibility index (Phi) is 4.06. The number of rotatable bonds is 4. The Balaban J connectivity index is 1.80. The minimum Gasteiger partial charge on any atom is -0.492 e. The van der Waals surface area contributed by atoms with Gasteiger partial charge in [-0.25, -0.2) is 13.6 Å². The van der Waals surface area contributed by atoms with Crippen LogP contribution in [0.1, 0.15) is 29.2 Å². The third-order valence-corrected chi connectivity index (χ3v) is 6.30. The summed E-state index contributed by atoms with van der Waals surface area (Å²) < 4.78 is 36.3. The average Bonchev–Trinajstić information content (AvgIpc) is 3.30. The van der Waals surface area contributed by atoms with Gasteiger partial charge in [0.2, 0.25) is 5.43 Å². The lowest BCUT2D eigenvalue weighted by Gasteiger charge is -2.37. The van der Waals surface area contributed by atoms with Crippen LogP contribution < -0.4 is 15.1 Å². The number of benzene rings is 1. The van der Waals surface area contributed by atoms with Gasteiger partial charge in [-0.15, -0.1) is 0 Å². The van der Waals surface area contributed by atoms with E-state index < -0.39 is 35.0 Å². The van der Waals surface area contributed by atoms with Gasteiger partial charge in [0.1, 0.15) is 17.4 Å². The largest absolute Gasteiger partial charge is 0.492 e. The van der Waals surface area contributed by atoms with E-state index in [1.165, 1.54) is 11.7 Å². The molecule has 0 radical (unpaired) electrons. The second-order valence-electron chi connectivity index (χ2n) is 7.98. The van der Waals surface area contributed by atoms with Gasteiger partial charge in [-0.2, -0.15) is 0 Å². The first kappa shape index (κ1) is 18.4. The maximum atomic E-state index is 15.3. The highest BCUT2D eigenvalue weighted by Gasteiger charge is 2.42. The highest BCUT2D eigenvalue weighted by Crippen LogP contribution is 2.46. The standard InChI is InChI=1S/C20H21F2N3O4/c1-29-19-16-11(18(26)12(20(27)28)9-25(16)15-7-13(15)21)6-14(22)17(19)24-5-4-23-3-2-10(24)8-23/h6,9-10,13,15H,2-5,7-8H2,1H3,(H,27,28)/t10?,13-,15+/m0/s1. The highest BCUT2D eigenvalue weighted by molar-refractivity contribution is 5.97. The number of aromatic nitrogens is 1. The Hall–Kier alpha value is -2.68. The zero-order valence-corrected chi connectivity index (χ0v) is 15.9. The van der Waals surface area contributed by atoms with Crippen molar-refractivity contribution in [3.8, 4) is 5.75 Å². The number of ether oxygens (including phenoxy) is 1. The average molecular weight is 405 g/mol. The molecule has 4 atom stereocenters. The Bertz CT molecular complexity index is 1090. The second kappa shape index (κ2) is 6.41. The smallest absolute Gasteiger partial charge is 0.341 e. The van der Waals surface area contributed by atoms with Crippen LogP contribution in [0.25, 0.3) is 10.9 Å². The molecule has 1 aromatic heterocycles. The summed E-state index contributed by atoms with van der Waals surface area (Å²) in [6.45, 7) is 3.21. The molecule has 5 rings (SSSR count). The molecule has 2 aliphatic heterocycles. The highest BCUT2D eigenvalue weighted by atomic mass is 19.1. The molecule has 3 fully saturated rings. The molecule has 2 unspecified atom stereocenters. The Morgan fingerprint density at radius 1 is 1.31 bits per heavy atom. The summed E-state index contributed by atoms with van der Waals surface area (Å²) in [5.74, 6) is -1.89. The first-order chi connectivity index (χ1) is 13.9. The van der Waals surface area contributed by atoms with Crippen LogP contribution in [-0.2, 0) is 0 Å². The third-order valence-electron chi connectivity index (χ3n) is 6.30. The number of hydrogen-bond donors (Lipinski definition) is 1. The van der Waals surface area contributed by atoms with Crippen LogP contribution in [0.15, 0.2) is 17.1 Å². The molecule has 1 N–H and O–H groups in total. The van der Waals surface area contributed by atoms with Gasteiger partial charge in [-0.3, -0.25) is 9.69 Å². The summed E-state index contributed by atoms with van der Waals surface area (Å²) in [7, 11) is 1.39. The fourth-order valence-corrected chi connectivity index (χ4v) is 4.75. The molecule has 2 bridgehead atoms. The SMILES string of the molecule is COc1c(N2CCN3CCC2C3)c(F)cc2c(=O)c(C(=O)O)cn([C@@H]3C[C@@H]3F)c12. The Labute approximate surface area is 165 Å². The van der Waals surface area contributed by atoms with E-state index in [4.69, 9.17) is 4.74 Å². The van der Waals surface area contributed by atoms with Gasteiger partial charge in [-0.05, 0) is 12.5 Å². The number of alkyl halides is 1. The van der Waals surface area contributed by atoms with E-state index in [1.807, 2.05) is 4.90 Å². The maximum Gasteiger partial charge on any atom is 0.341 e. The van der Waals surface area contributed by atoms with Crippen LogP contribution >= 0.6 is 0 Å². The number of carboxylic acid groups (broad SMARTS) is 1. The number of methoxy groups -OCH3 is 1. The third kappa shape index (κ3) is 2.71. The summed E-state index contributed by atoms with van der Waals surface area (Å²) in [6.07, 6.45) is 1.14. The molecule has 2 aromatic rings. The normalized spacial score (nSPS) is 28.0. The topological polar surface area (TPSA) is 75.0 Å². The quantitative estimate of drug-likeness (QED) is 0.839. The molecule has 29 heavy (non-hydrogen) atoms. The van der Waals surface area contributed by atoms with E-state index in [-0.39, 0.29) is 34.8 Å². The molecule has 3 aliphatic rings. The number of aromatic carboxylic acids is 1. The molecule has 0 spiro atoms. The Morgan fingerprint density at radius 3 is 2.72 bits per heavy atom. The zero-order valence-electron chi connectivity index (χ0n) is 15.9. The predicted molar refractivity (Wildman–Crippen MR) is 102 cm³/mol. The maximum absolute atomic E-state index is 15.3. The van der Waals surface area contributed by atoms with E-state index in [0.717, 1.165) is 38.3 Å². The van der Waals surface area contributed by atoms with Crippen molar-refractivity contribution in [1.29, 1.82) is 0 Å². The van der Waals surface area contributed by atoms with Crippen molar-refractivity contribution in [3.05, 3.63) is 33.9 Å². The first-order valence-electron chi connectivity index (χ1n) is 9.72. The van der Waals surface area contributed by atoms with Gasteiger partial charge in [0.05, 0.1) is 24.1 Å². The van der Waals surface area contributed by atoms with Crippen molar-refractivity contribution in [2.24, 2.45) is 0 Å². The molecular formula is C20H21F2N3O4. The predicted octanol–water partition coefficient (Wildman–Crippen LogP) is 2.02. The zero-order chi connectivity index (χ0) is 20.4.